The van der Waals surface area contributed by atoms with Gasteiger partial charge in [0, 0.05) is 24.3 Å². The number of carbonyl (C=O) groups is 1. The van der Waals surface area contributed by atoms with Crippen molar-refractivity contribution in [3.8, 4) is 0 Å². The van der Waals surface area contributed by atoms with Crippen molar-refractivity contribution in [2.45, 2.75) is 40.7 Å². The van der Waals surface area contributed by atoms with Gasteiger partial charge in [0.05, 0.1) is 0 Å². The second-order valence-corrected chi connectivity index (χ2v) is 5.84. The van der Waals surface area contributed by atoms with Crippen LogP contribution in [0, 0.1) is 12.3 Å². The molecule has 1 rings (SSSR count). The van der Waals surface area contributed by atoms with Gasteiger partial charge in [0.25, 0.3) is 5.91 Å². The highest BCUT2D eigenvalue weighted by molar-refractivity contribution is 5.95. The summed E-state index contributed by atoms with van der Waals surface area (Å²) in [6.45, 7) is 10.4. The molecule has 18 heavy (non-hydrogen) atoms. The van der Waals surface area contributed by atoms with E-state index in [9.17, 15) is 4.79 Å². The lowest BCUT2D eigenvalue weighted by atomic mass is 9.88. The van der Waals surface area contributed by atoms with Crippen LogP contribution in [-0.4, -0.2) is 19.0 Å². The lowest BCUT2D eigenvalue weighted by molar-refractivity contribution is 0.0910. The molecule has 0 aliphatic heterocycles. The molecule has 3 heteroatoms. The predicted molar refractivity (Wildman–Crippen MR) is 77.1 cm³/mol. The molecule has 0 saturated heterocycles. The fraction of sp³-hybridized carbons (Fsp3) is 0.533. The van der Waals surface area contributed by atoms with Gasteiger partial charge in [-0.2, -0.15) is 0 Å². The van der Waals surface area contributed by atoms with E-state index in [-0.39, 0.29) is 17.4 Å². The SMILES string of the molecule is CNc1ccc(C(=O)NC(C)C(C)(C)C)cc1C. The molecule has 1 atom stereocenters. The van der Waals surface area contributed by atoms with Crippen molar-refractivity contribution in [1.82, 2.24) is 5.32 Å². The summed E-state index contributed by atoms with van der Waals surface area (Å²) in [5, 5.41) is 6.14. The van der Waals surface area contributed by atoms with Crippen LogP contribution in [0.15, 0.2) is 18.2 Å². The van der Waals surface area contributed by atoms with E-state index in [4.69, 9.17) is 0 Å². The van der Waals surface area contributed by atoms with E-state index < -0.39 is 0 Å². The average molecular weight is 248 g/mol. The third kappa shape index (κ3) is 3.49. The number of rotatable bonds is 3. The molecule has 0 heterocycles. The normalized spacial score (nSPS) is 13.0. The van der Waals surface area contributed by atoms with Crippen molar-refractivity contribution in [2.75, 3.05) is 12.4 Å². The molecular weight excluding hydrogens is 224 g/mol. The fourth-order valence-corrected chi connectivity index (χ4v) is 1.58. The van der Waals surface area contributed by atoms with Gasteiger partial charge in [-0.05, 0) is 43.0 Å². The van der Waals surface area contributed by atoms with Crippen molar-refractivity contribution in [3.05, 3.63) is 29.3 Å². The zero-order valence-electron chi connectivity index (χ0n) is 12.2. The van der Waals surface area contributed by atoms with Crippen LogP contribution in [0.5, 0.6) is 0 Å². The van der Waals surface area contributed by atoms with Crippen LogP contribution in [0.2, 0.25) is 0 Å². The first-order chi connectivity index (χ1) is 8.25. The summed E-state index contributed by atoms with van der Waals surface area (Å²) in [6.07, 6.45) is 0. The molecular formula is C15H24N2O. The molecule has 1 aromatic carbocycles. The van der Waals surface area contributed by atoms with Crippen LogP contribution in [0.3, 0.4) is 0 Å². The van der Waals surface area contributed by atoms with E-state index in [1.807, 2.05) is 39.1 Å². The van der Waals surface area contributed by atoms with Gasteiger partial charge < -0.3 is 10.6 Å². The molecule has 0 radical (unpaired) electrons. The molecule has 100 valence electrons. The predicted octanol–water partition coefficient (Wildman–Crippen LogP) is 3.20. The Hall–Kier alpha value is -1.51. The maximum absolute atomic E-state index is 12.1. The smallest absolute Gasteiger partial charge is 0.251 e. The number of carbonyl (C=O) groups excluding carboxylic acids is 1. The third-order valence-corrected chi connectivity index (χ3v) is 3.40. The molecule has 1 unspecified atom stereocenters. The van der Waals surface area contributed by atoms with Gasteiger partial charge in [0.2, 0.25) is 0 Å². The molecule has 0 aliphatic rings. The summed E-state index contributed by atoms with van der Waals surface area (Å²) in [7, 11) is 1.88. The van der Waals surface area contributed by atoms with Crippen molar-refractivity contribution < 1.29 is 4.79 Å². The Morgan fingerprint density at radius 2 is 1.89 bits per heavy atom. The number of benzene rings is 1. The van der Waals surface area contributed by atoms with E-state index >= 15 is 0 Å². The van der Waals surface area contributed by atoms with Gasteiger partial charge >= 0.3 is 0 Å². The number of nitrogens with one attached hydrogen (secondary N) is 2. The minimum atomic E-state index is -0.0109. The maximum atomic E-state index is 12.1. The molecule has 2 N–H and O–H groups in total. The quantitative estimate of drug-likeness (QED) is 0.862. The van der Waals surface area contributed by atoms with Crippen LogP contribution >= 0.6 is 0 Å². The third-order valence-electron chi connectivity index (χ3n) is 3.40. The first-order valence-electron chi connectivity index (χ1n) is 6.35. The van der Waals surface area contributed by atoms with E-state index in [0.29, 0.717) is 5.56 Å². The summed E-state index contributed by atoms with van der Waals surface area (Å²) < 4.78 is 0. The summed E-state index contributed by atoms with van der Waals surface area (Å²) in [5.74, 6) is -0.0109. The van der Waals surface area contributed by atoms with E-state index in [1.54, 1.807) is 0 Å². The van der Waals surface area contributed by atoms with Crippen LogP contribution in [-0.2, 0) is 0 Å². The van der Waals surface area contributed by atoms with Crippen molar-refractivity contribution in [3.63, 3.8) is 0 Å². The minimum Gasteiger partial charge on any atom is -0.388 e. The number of aryl methyl sites for hydroxylation is 1. The Kier molecular flexibility index (Phi) is 4.38. The molecule has 1 amide bonds. The monoisotopic (exact) mass is 248 g/mol. The lowest BCUT2D eigenvalue weighted by Gasteiger charge is -2.28. The van der Waals surface area contributed by atoms with Crippen molar-refractivity contribution in [1.29, 1.82) is 0 Å². The molecule has 1 aromatic rings. The van der Waals surface area contributed by atoms with Gasteiger partial charge in [-0.1, -0.05) is 20.8 Å². The van der Waals surface area contributed by atoms with Crippen molar-refractivity contribution >= 4 is 11.6 Å². The highest BCUT2D eigenvalue weighted by Crippen LogP contribution is 2.20. The Labute approximate surface area is 110 Å². The zero-order valence-corrected chi connectivity index (χ0v) is 12.2. The molecule has 0 spiro atoms. The molecule has 0 aromatic heterocycles. The fourth-order valence-electron chi connectivity index (χ4n) is 1.58. The molecule has 0 fully saturated rings. The van der Waals surface area contributed by atoms with Gasteiger partial charge in [-0.25, -0.2) is 0 Å². The first-order valence-corrected chi connectivity index (χ1v) is 6.35. The topological polar surface area (TPSA) is 41.1 Å². The summed E-state index contributed by atoms with van der Waals surface area (Å²) in [6, 6.07) is 5.83. The van der Waals surface area contributed by atoms with Gasteiger partial charge in [0.15, 0.2) is 0 Å². The largest absolute Gasteiger partial charge is 0.388 e. The molecule has 0 bridgehead atoms. The van der Waals surface area contributed by atoms with Crippen LogP contribution in [0.25, 0.3) is 0 Å². The number of anilines is 1. The number of hydrogen-bond acceptors (Lipinski definition) is 2. The Morgan fingerprint density at radius 3 is 2.33 bits per heavy atom. The van der Waals surface area contributed by atoms with Crippen molar-refractivity contribution in [2.24, 2.45) is 5.41 Å². The highest BCUT2D eigenvalue weighted by atomic mass is 16.1. The number of amides is 1. The van der Waals surface area contributed by atoms with Crippen LogP contribution < -0.4 is 10.6 Å². The van der Waals surface area contributed by atoms with Crippen LogP contribution in [0.4, 0.5) is 5.69 Å². The second kappa shape index (κ2) is 5.42. The van der Waals surface area contributed by atoms with Crippen LogP contribution in [0.1, 0.15) is 43.6 Å². The van der Waals surface area contributed by atoms with E-state index in [2.05, 4.69) is 31.4 Å². The van der Waals surface area contributed by atoms with E-state index in [0.717, 1.165) is 11.3 Å². The summed E-state index contributed by atoms with van der Waals surface area (Å²) in [5.41, 5.74) is 2.90. The van der Waals surface area contributed by atoms with Gasteiger partial charge in [-0.3, -0.25) is 4.79 Å². The molecule has 3 nitrogen and oxygen atoms in total. The Bertz CT molecular complexity index is 433. The zero-order chi connectivity index (χ0) is 13.9. The molecule has 0 aliphatic carbocycles. The van der Waals surface area contributed by atoms with Gasteiger partial charge in [0.1, 0.15) is 0 Å². The minimum absolute atomic E-state index is 0.0109. The first kappa shape index (κ1) is 14.6. The highest BCUT2D eigenvalue weighted by Gasteiger charge is 2.22. The summed E-state index contributed by atoms with van der Waals surface area (Å²) in [4.78, 5) is 12.1. The maximum Gasteiger partial charge on any atom is 0.251 e. The Balaban J connectivity index is 2.82. The standard InChI is InChI=1S/C15H24N2O/c1-10-9-12(7-8-13(10)16-6)14(18)17-11(2)15(3,4)5/h7-9,11,16H,1-6H3,(H,17,18). The number of hydrogen-bond donors (Lipinski definition) is 2. The Morgan fingerprint density at radius 1 is 1.28 bits per heavy atom. The van der Waals surface area contributed by atoms with Gasteiger partial charge in [-0.15, -0.1) is 0 Å². The van der Waals surface area contributed by atoms with E-state index in [1.165, 1.54) is 0 Å². The lowest BCUT2D eigenvalue weighted by Crippen LogP contribution is -2.41. The summed E-state index contributed by atoms with van der Waals surface area (Å²) >= 11 is 0. The second-order valence-electron chi connectivity index (χ2n) is 5.84. The average Bonchev–Trinajstić information content (AvgIpc) is 2.27. The molecule has 0 saturated carbocycles.